The van der Waals surface area contributed by atoms with Gasteiger partial charge >= 0.3 is 0 Å². The average molecular weight is 173 g/mol. The van der Waals surface area contributed by atoms with Crippen LogP contribution in [0.1, 0.15) is 19.8 Å². The van der Waals surface area contributed by atoms with Crippen LogP contribution >= 0.6 is 0 Å². The van der Waals surface area contributed by atoms with Gasteiger partial charge in [0.05, 0.1) is 6.61 Å². The molecule has 0 radical (unpaired) electrons. The monoisotopic (exact) mass is 173 g/mol. The third-order valence-electron chi connectivity index (χ3n) is 2.08. The van der Waals surface area contributed by atoms with Gasteiger partial charge in [-0.05, 0) is 25.7 Å². The minimum atomic E-state index is 0.157. The van der Waals surface area contributed by atoms with Crippen molar-refractivity contribution in [2.24, 2.45) is 11.7 Å². The number of hydrogen-bond acceptors (Lipinski definition) is 3. The Hall–Kier alpha value is -0.120. The molecular weight excluding hydrogens is 154 g/mol. The molecule has 72 valence electrons. The van der Waals surface area contributed by atoms with Crippen LogP contribution in [0.25, 0.3) is 0 Å². The summed E-state index contributed by atoms with van der Waals surface area (Å²) in [5, 5.41) is 0. The van der Waals surface area contributed by atoms with Crippen LogP contribution in [0.2, 0.25) is 0 Å². The van der Waals surface area contributed by atoms with Crippen LogP contribution in [-0.2, 0) is 9.47 Å². The Balaban J connectivity index is 1.98. The van der Waals surface area contributed by atoms with Gasteiger partial charge in [-0.1, -0.05) is 0 Å². The predicted molar refractivity (Wildman–Crippen MR) is 48.0 cm³/mol. The lowest BCUT2D eigenvalue weighted by Crippen LogP contribution is -2.26. The first-order chi connectivity index (χ1) is 5.79. The van der Waals surface area contributed by atoms with E-state index in [1.54, 1.807) is 0 Å². The summed E-state index contributed by atoms with van der Waals surface area (Å²) in [6, 6.07) is 0.157. The first-order valence-electron chi connectivity index (χ1n) is 4.70. The second-order valence-electron chi connectivity index (χ2n) is 3.57. The molecule has 1 aliphatic heterocycles. The van der Waals surface area contributed by atoms with Crippen molar-refractivity contribution in [2.45, 2.75) is 25.8 Å². The van der Waals surface area contributed by atoms with E-state index in [0.717, 1.165) is 32.7 Å². The van der Waals surface area contributed by atoms with Gasteiger partial charge in [-0.2, -0.15) is 0 Å². The van der Waals surface area contributed by atoms with Gasteiger partial charge in [0.1, 0.15) is 0 Å². The van der Waals surface area contributed by atoms with Crippen LogP contribution in [-0.4, -0.2) is 32.5 Å². The molecule has 0 aromatic carbocycles. The Labute approximate surface area is 74.2 Å². The highest BCUT2D eigenvalue weighted by atomic mass is 16.5. The van der Waals surface area contributed by atoms with Gasteiger partial charge in [0, 0.05) is 25.9 Å². The van der Waals surface area contributed by atoms with Crippen molar-refractivity contribution in [1.29, 1.82) is 0 Å². The van der Waals surface area contributed by atoms with E-state index in [2.05, 4.69) is 0 Å². The molecule has 1 aliphatic rings. The summed E-state index contributed by atoms with van der Waals surface area (Å²) in [5.74, 6) is 0.692. The lowest BCUT2D eigenvalue weighted by Gasteiger charge is -2.22. The van der Waals surface area contributed by atoms with Gasteiger partial charge < -0.3 is 15.2 Å². The molecule has 0 bridgehead atoms. The van der Waals surface area contributed by atoms with Gasteiger partial charge in [0.2, 0.25) is 0 Å². The average Bonchev–Trinajstić information content (AvgIpc) is 2.05. The lowest BCUT2D eigenvalue weighted by molar-refractivity contribution is 0.0184. The Morgan fingerprint density at radius 3 is 2.75 bits per heavy atom. The van der Waals surface area contributed by atoms with Crippen molar-refractivity contribution in [1.82, 2.24) is 0 Å². The summed E-state index contributed by atoms with van der Waals surface area (Å²) in [6.45, 7) is 5.28. The molecule has 0 saturated carbocycles. The highest BCUT2D eigenvalue weighted by Crippen LogP contribution is 2.14. The van der Waals surface area contributed by atoms with E-state index in [9.17, 15) is 0 Å². The second-order valence-corrected chi connectivity index (χ2v) is 3.57. The zero-order chi connectivity index (χ0) is 8.81. The standard InChI is InChI=1S/C9H19NO2/c1-8(10)6-12-7-9-2-4-11-5-3-9/h8-9H,2-7,10H2,1H3/t8-/m0/s1. The predicted octanol–water partition coefficient (Wildman–Crippen LogP) is 0.777. The number of hydrogen-bond donors (Lipinski definition) is 1. The number of rotatable bonds is 4. The molecule has 3 heteroatoms. The van der Waals surface area contributed by atoms with Crippen molar-refractivity contribution in [3.8, 4) is 0 Å². The topological polar surface area (TPSA) is 44.5 Å². The summed E-state index contributed by atoms with van der Waals surface area (Å²) in [6.07, 6.45) is 2.28. The van der Waals surface area contributed by atoms with E-state index in [4.69, 9.17) is 15.2 Å². The molecule has 0 spiro atoms. The minimum absolute atomic E-state index is 0.157. The molecule has 1 heterocycles. The first-order valence-corrected chi connectivity index (χ1v) is 4.70. The zero-order valence-electron chi connectivity index (χ0n) is 7.79. The molecule has 1 saturated heterocycles. The molecule has 0 unspecified atom stereocenters. The normalized spacial score (nSPS) is 22.5. The molecular formula is C9H19NO2. The van der Waals surface area contributed by atoms with E-state index in [-0.39, 0.29) is 6.04 Å². The molecule has 1 rings (SSSR count). The second kappa shape index (κ2) is 5.51. The van der Waals surface area contributed by atoms with Crippen LogP contribution in [0, 0.1) is 5.92 Å². The third-order valence-corrected chi connectivity index (χ3v) is 2.08. The fourth-order valence-corrected chi connectivity index (χ4v) is 1.33. The van der Waals surface area contributed by atoms with Gasteiger partial charge in [-0.15, -0.1) is 0 Å². The maximum Gasteiger partial charge on any atom is 0.0614 e. The van der Waals surface area contributed by atoms with E-state index < -0.39 is 0 Å². The van der Waals surface area contributed by atoms with Crippen molar-refractivity contribution in [3.63, 3.8) is 0 Å². The van der Waals surface area contributed by atoms with Crippen LogP contribution in [0.4, 0.5) is 0 Å². The van der Waals surface area contributed by atoms with Crippen molar-refractivity contribution in [3.05, 3.63) is 0 Å². The summed E-state index contributed by atoms with van der Waals surface area (Å²) >= 11 is 0. The van der Waals surface area contributed by atoms with Crippen LogP contribution in [0.15, 0.2) is 0 Å². The molecule has 0 aromatic heterocycles. The zero-order valence-corrected chi connectivity index (χ0v) is 7.79. The largest absolute Gasteiger partial charge is 0.381 e. The number of ether oxygens (including phenoxy) is 2. The Kier molecular flexibility index (Phi) is 4.58. The van der Waals surface area contributed by atoms with Gasteiger partial charge in [-0.25, -0.2) is 0 Å². The fourth-order valence-electron chi connectivity index (χ4n) is 1.33. The molecule has 3 nitrogen and oxygen atoms in total. The van der Waals surface area contributed by atoms with Crippen molar-refractivity contribution in [2.75, 3.05) is 26.4 Å². The minimum Gasteiger partial charge on any atom is -0.381 e. The Morgan fingerprint density at radius 1 is 1.50 bits per heavy atom. The van der Waals surface area contributed by atoms with E-state index in [0.29, 0.717) is 12.5 Å². The van der Waals surface area contributed by atoms with E-state index in [1.165, 1.54) is 0 Å². The van der Waals surface area contributed by atoms with Gasteiger partial charge in [-0.3, -0.25) is 0 Å². The smallest absolute Gasteiger partial charge is 0.0614 e. The fraction of sp³-hybridized carbons (Fsp3) is 1.00. The summed E-state index contributed by atoms with van der Waals surface area (Å²) in [7, 11) is 0. The molecule has 0 aliphatic carbocycles. The van der Waals surface area contributed by atoms with Crippen LogP contribution in [0.3, 0.4) is 0 Å². The maximum atomic E-state index is 5.56. The van der Waals surface area contributed by atoms with Gasteiger partial charge in [0.15, 0.2) is 0 Å². The Bertz CT molecular complexity index is 111. The SMILES string of the molecule is C[C@H](N)COCC1CCOCC1. The quantitative estimate of drug-likeness (QED) is 0.683. The van der Waals surface area contributed by atoms with Crippen LogP contribution in [0.5, 0.6) is 0 Å². The molecule has 1 atom stereocenters. The maximum absolute atomic E-state index is 5.56. The van der Waals surface area contributed by atoms with Crippen LogP contribution < -0.4 is 5.73 Å². The molecule has 0 aromatic rings. The van der Waals surface area contributed by atoms with Crippen molar-refractivity contribution < 1.29 is 9.47 Å². The summed E-state index contributed by atoms with van der Waals surface area (Å²) < 4.78 is 10.7. The first kappa shape index (κ1) is 9.96. The van der Waals surface area contributed by atoms with Crippen molar-refractivity contribution >= 4 is 0 Å². The highest BCUT2D eigenvalue weighted by molar-refractivity contribution is 4.62. The molecule has 0 amide bonds. The summed E-state index contributed by atoms with van der Waals surface area (Å²) in [4.78, 5) is 0. The van der Waals surface area contributed by atoms with E-state index in [1.807, 2.05) is 6.92 Å². The summed E-state index contributed by atoms with van der Waals surface area (Å²) in [5.41, 5.74) is 5.56. The van der Waals surface area contributed by atoms with E-state index >= 15 is 0 Å². The third kappa shape index (κ3) is 4.04. The lowest BCUT2D eigenvalue weighted by atomic mass is 10.0. The molecule has 12 heavy (non-hydrogen) atoms. The molecule has 1 fully saturated rings. The number of nitrogens with two attached hydrogens (primary N) is 1. The highest BCUT2D eigenvalue weighted by Gasteiger charge is 2.13. The Morgan fingerprint density at radius 2 is 2.17 bits per heavy atom. The van der Waals surface area contributed by atoms with Gasteiger partial charge in [0.25, 0.3) is 0 Å². The molecule has 2 N–H and O–H groups in total.